The fourth-order valence-corrected chi connectivity index (χ4v) is 2.53. The molecular weight excluding hydrogens is 290 g/mol. The maximum Gasteiger partial charge on any atom is 0.119 e. The minimum absolute atomic E-state index is 0.0224. The number of nitrogens with one attached hydrogen (secondary N) is 1. The molecule has 0 aromatic heterocycles. The van der Waals surface area contributed by atoms with E-state index >= 15 is 0 Å². The van der Waals surface area contributed by atoms with Gasteiger partial charge in [0.15, 0.2) is 0 Å². The Morgan fingerprint density at radius 2 is 1.78 bits per heavy atom. The maximum atomic E-state index is 9.73. The topological polar surface area (TPSA) is 50.7 Å². The number of ether oxygens (including phenoxy) is 2. The van der Waals surface area contributed by atoms with Gasteiger partial charge in [0.25, 0.3) is 0 Å². The van der Waals surface area contributed by atoms with Crippen LogP contribution in [0.25, 0.3) is 0 Å². The zero-order chi connectivity index (χ0) is 16.7. The van der Waals surface area contributed by atoms with Crippen LogP contribution < -0.4 is 14.8 Å². The van der Waals surface area contributed by atoms with Gasteiger partial charge >= 0.3 is 0 Å². The third kappa shape index (κ3) is 4.71. The van der Waals surface area contributed by atoms with Crippen molar-refractivity contribution in [3.8, 4) is 11.5 Å². The summed E-state index contributed by atoms with van der Waals surface area (Å²) in [6, 6.07) is 15.7. The lowest BCUT2D eigenvalue weighted by atomic mass is 10.0. The molecule has 0 aliphatic rings. The molecule has 0 amide bonds. The van der Waals surface area contributed by atoms with Crippen molar-refractivity contribution in [2.75, 3.05) is 20.3 Å². The molecule has 4 heteroatoms. The van der Waals surface area contributed by atoms with Crippen LogP contribution in [-0.2, 0) is 0 Å². The zero-order valence-electron chi connectivity index (χ0n) is 14.0. The van der Waals surface area contributed by atoms with E-state index < -0.39 is 0 Å². The molecule has 0 spiro atoms. The Morgan fingerprint density at radius 1 is 1.04 bits per heavy atom. The molecule has 2 aromatic rings. The van der Waals surface area contributed by atoms with E-state index in [0.29, 0.717) is 6.61 Å². The van der Waals surface area contributed by atoms with Crippen molar-refractivity contribution >= 4 is 0 Å². The van der Waals surface area contributed by atoms with Gasteiger partial charge in [0.05, 0.1) is 26.4 Å². The van der Waals surface area contributed by atoms with Gasteiger partial charge in [-0.2, -0.15) is 0 Å². The molecule has 0 saturated carbocycles. The van der Waals surface area contributed by atoms with E-state index in [1.807, 2.05) is 55.5 Å². The van der Waals surface area contributed by atoms with Gasteiger partial charge < -0.3 is 19.9 Å². The summed E-state index contributed by atoms with van der Waals surface area (Å²) in [5, 5.41) is 13.2. The predicted octanol–water partition coefficient (Wildman–Crippen LogP) is 3.48. The summed E-state index contributed by atoms with van der Waals surface area (Å²) in [4.78, 5) is 0. The van der Waals surface area contributed by atoms with Gasteiger partial charge in [0.2, 0.25) is 0 Å². The quantitative estimate of drug-likeness (QED) is 0.783. The second-order valence-electron chi connectivity index (χ2n) is 5.40. The van der Waals surface area contributed by atoms with Gasteiger partial charge in [-0.05, 0) is 49.2 Å². The van der Waals surface area contributed by atoms with Gasteiger partial charge in [-0.1, -0.05) is 24.3 Å². The highest BCUT2D eigenvalue weighted by Crippen LogP contribution is 2.23. The van der Waals surface area contributed by atoms with Gasteiger partial charge in [0.1, 0.15) is 11.5 Å². The Labute approximate surface area is 138 Å². The van der Waals surface area contributed by atoms with Crippen molar-refractivity contribution in [3.05, 3.63) is 59.7 Å². The Balaban J connectivity index is 2.07. The summed E-state index contributed by atoms with van der Waals surface area (Å²) in [7, 11) is 1.64. The average Bonchev–Trinajstić information content (AvgIpc) is 2.60. The van der Waals surface area contributed by atoms with Crippen LogP contribution >= 0.6 is 0 Å². The van der Waals surface area contributed by atoms with Crippen LogP contribution in [0.4, 0.5) is 0 Å². The molecule has 2 atom stereocenters. The highest BCUT2D eigenvalue weighted by Gasteiger charge is 2.15. The first-order chi connectivity index (χ1) is 11.2. The number of benzene rings is 2. The average molecular weight is 315 g/mol. The molecule has 2 aromatic carbocycles. The second-order valence-corrected chi connectivity index (χ2v) is 5.40. The van der Waals surface area contributed by atoms with E-state index in [9.17, 15) is 5.11 Å². The van der Waals surface area contributed by atoms with E-state index in [0.717, 1.165) is 22.6 Å². The van der Waals surface area contributed by atoms with E-state index in [1.165, 1.54) is 0 Å². The monoisotopic (exact) mass is 315 g/mol. The van der Waals surface area contributed by atoms with E-state index in [1.54, 1.807) is 7.11 Å². The number of rotatable bonds is 8. The molecule has 0 radical (unpaired) electrons. The van der Waals surface area contributed by atoms with Crippen molar-refractivity contribution in [3.63, 3.8) is 0 Å². The smallest absolute Gasteiger partial charge is 0.119 e. The summed E-state index contributed by atoms with van der Waals surface area (Å²) in [6.07, 6.45) is 0. The van der Waals surface area contributed by atoms with Gasteiger partial charge in [-0.15, -0.1) is 0 Å². The number of aliphatic hydroxyl groups is 1. The summed E-state index contributed by atoms with van der Waals surface area (Å²) >= 11 is 0. The summed E-state index contributed by atoms with van der Waals surface area (Å²) in [6.45, 7) is 4.74. The molecule has 2 unspecified atom stereocenters. The number of hydrogen-bond donors (Lipinski definition) is 2. The fraction of sp³-hybridized carbons (Fsp3) is 0.368. The van der Waals surface area contributed by atoms with E-state index in [4.69, 9.17) is 9.47 Å². The van der Waals surface area contributed by atoms with Crippen molar-refractivity contribution in [1.29, 1.82) is 0 Å². The molecule has 2 N–H and O–H groups in total. The highest BCUT2D eigenvalue weighted by molar-refractivity contribution is 5.32. The number of hydrogen-bond acceptors (Lipinski definition) is 4. The van der Waals surface area contributed by atoms with Crippen LogP contribution in [0.15, 0.2) is 48.5 Å². The molecule has 0 fully saturated rings. The summed E-state index contributed by atoms with van der Waals surface area (Å²) in [5.74, 6) is 1.66. The molecule has 4 nitrogen and oxygen atoms in total. The summed E-state index contributed by atoms with van der Waals surface area (Å²) in [5.41, 5.74) is 2.15. The van der Waals surface area contributed by atoms with Crippen molar-refractivity contribution < 1.29 is 14.6 Å². The van der Waals surface area contributed by atoms with Crippen LogP contribution in [0.3, 0.4) is 0 Å². The first-order valence-corrected chi connectivity index (χ1v) is 7.91. The van der Waals surface area contributed by atoms with Gasteiger partial charge in [0, 0.05) is 6.04 Å². The fourth-order valence-electron chi connectivity index (χ4n) is 2.53. The Morgan fingerprint density at radius 3 is 2.39 bits per heavy atom. The van der Waals surface area contributed by atoms with Crippen LogP contribution in [0.2, 0.25) is 0 Å². The lowest BCUT2D eigenvalue weighted by Gasteiger charge is -2.23. The Kier molecular flexibility index (Phi) is 6.44. The van der Waals surface area contributed by atoms with Crippen molar-refractivity contribution in [2.24, 2.45) is 0 Å². The summed E-state index contributed by atoms with van der Waals surface area (Å²) < 4.78 is 10.7. The van der Waals surface area contributed by atoms with Crippen LogP contribution in [0, 0.1) is 0 Å². The first-order valence-electron chi connectivity index (χ1n) is 7.91. The van der Waals surface area contributed by atoms with Crippen molar-refractivity contribution in [1.82, 2.24) is 5.32 Å². The normalized spacial score (nSPS) is 13.4. The number of methoxy groups -OCH3 is 1. The molecule has 0 heterocycles. The number of aliphatic hydroxyl groups excluding tert-OH is 1. The molecular formula is C19H25NO3. The molecule has 124 valence electrons. The minimum Gasteiger partial charge on any atom is -0.497 e. The van der Waals surface area contributed by atoms with Crippen LogP contribution in [0.1, 0.15) is 37.1 Å². The molecule has 2 rings (SSSR count). The van der Waals surface area contributed by atoms with Gasteiger partial charge in [-0.3, -0.25) is 0 Å². The van der Waals surface area contributed by atoms with Gasteiger partial charge in [-0.25, -0.2) is 0 Å². The largest absolute Gasteiger partial charge is 0.497 e. The zero-order valence-corrected chi connectivity index (χ0v) is 14.0. The van der Waals surface area contributed by atoms with Crippen LogP contribution in [0.5, 0.6) is 11.5 Å². The second kappa shape index (κ2) is 8.56. The SMILES string of the molecule is CCOc1ccc(C(C)NC(CO)c2cccc(OC)c2)cc1. The maximum absolute atomic E-state index is 9.73. The molecule has 0 aliphatic heterocycles. The van der Waals surface area contributed by atoms with E-state index in [-0.39, 0.29) is 18.7 Å². The van der Waals surface area contributed by atoms with Crippen LogP contribution in [-0.4, -0.2) is 25.4 Å². The lowest BCUT2D eigenvalue weighted by molar-refractivity contribution is 0.235. The molecule has 23 heavy (non-hydrogen) atoms. The molecule has 0 bridgehead atoms. The third-order valence-electron chi connectivity index (χ3n) is 3.82. The highest BCUT2D eigenvalue weighted by atomic mass is 16.5. The van der Waals surface area contributed by atoms with E-state index in [2.05, 4.69) is 12.2 Å². The third-order valence-corrected chi connectivity index (χ3v) is 3.82. The lowest BCUT2D eigenvalue weighted by Crippen LogP contribution is -2.27. The molecule has 0 aliphatic carbocycles. The Bertz CT molecular complexity index is 598. The first kappa shape index (κ1) is 17.3. The Hall–Kier alpha value is -2.04. The molecule has 0 saturated heterocycles. The van der Waals surface area contributed by atoms with Crippen molar-refractivity contribution in [2.45, 2.75) is 25.9 Å². The predicted molar refractivity (Wildman–Crippen MR) is 92.0 cm³/mol. The standard InChI is InChI=1S/C19H25NO3/c1-4-23-17-10-8-15(9-11-17)14(2)20-19(13-21)16-6-5-7-18(12-16)22-3/h5-12,14,19-21H,4,13H2,1-3H3. The minimum atomic E-state index is -0.147.